The average Bonchev–Trinajstić information content (AvgIpc) is 3.24. The summed E-state index contributed by atoms with van der Waals surface area (Å²) < 4.78 is 90.1. The number of aromatic nitrogens is 2. The third-order valence-corrected chi connectivity index (χ3v) is 6.00. The molecule has 0 unspecified atom stereocenters. The number of ether oxygens (including phenoxy) is 1. The van der Waals surface area contributed by atoms with Crippen molar-refractivity contribution >= 4 is 5.82 Å². The van der Waals surface area contributed by atoms with E-state index in [1.165, 1.54) is 18.3 Å². The van der Waals surface area contributed by atoms with Crippen molar-refractivity contribution in [2.24, 2.45) is 0 Å². The highest BCUT2D eigenvalue weighted by Gasteiger charge is 2.34. The van der Waals surface area contributed by atoms with Crippen LogP contribution in [0.4, 0.5) is 32.2 Å². The maximum Gasteiger partial charge on any atom is 0.417 e. The molecule has 2 atom stereocenters. The SMILES string of the molecule is CC[C@H]1C[C@@H](Oc2ccc(C(F)(F)F)cc2-c2cnc(C)o2)CCN1c1ccc(C(F)(F)F)cn1. The molecule has 0 saturated carbocycles. The number of hydrogen-bond acceptors (Lipinski definition) is 5. The molecule has 11 heteroatoms. The molecule has 5 nitrogen and oxygen atoms in total. The first kappa shape index (κ1) is 24.9. The maximum atomic E-state index is 13.3. The van der Waals surface area contributed by atoms with Crippen LogP contribution in [0.2, 0.25) is 0 Å². The summed E-state index contributed by atoms with van der Waals surface area (Å²) in [4.78, 5) is 9.92. The van der Waals surface area contributed by atoms with E-state index in [2.05, 4.69) is 9.97 Å². The number of oxazole rings is 1. The molecule has 1 fully saturated rings. The fraction of sp³-hybridized carbons (Fsp3) is 0.417. The van der Waals surface area contributed by atoms with E-state index >= 15 is 0 Å². The van der Waals surface area contributed by atoms with Gasteiger partial charge in [0, 0.05) is 38.5 Å². The molecule has 0 amide bonds. The normalized spacial score (nSPS) is 19.1. The van der Waals surface area contributed by atoms with E-state index in [4.69, 9.17) is 9.15 Å². The minimum absolute atomic E-state index is 0.0663. The molecule has 3 aromatic rings. The van der Waals surface area contributed by atoms with Gasteiger partial charge < -0.3 is 14.1 Å². The average molecular weight is 499 g/mol. The van der Waals surface area contributed by atoms with Crippen LogP contribution in [0.1, 0.15) is 43.2 Å². The zero-order valence-corrected chi connectivity index (χ0v) is 19.0. The Morgan fingerprint density at radius 1 is 1.00 bits per heavy atom. The number of benzene rings is 1. The van der Waals surface area contributed by atoms with E-state index in [0.29, 0.717) is 37.5 Å². The Morgan fingerprint density at radius 2 is 1.71 bits per heavy atom. The van der Waals surface area contributed by atoms with Crippen LogP contribution in [0, 0.1) is 6.92 Å². The van der Waals surface area contributed by atoms with Crippen LogP contribution in [0.25, 0.3) is 11.3 Å². The second kappa shape index (κ2) is 9.43. The molecule has 1 aromatic carbocycles. The molecule has 1 aliphatic heterocycles. The van der Waals surface area contributed by atoms with Crippen molar-refractivity contribution in [2.75, 3.05) is 11.4 Å². The first-order valence-corrected chi connectivity index (χ1v) is 11.1. The van der Waals surface area contributed by atoms with Crippen LogP contribution in [-0.4, -0.2) is 28.7 Å². The van der Waals surface area contributed by atoms with Crippen molar-refractivity contribution in [1.82, 2.24) is 9.97 Å². The van der Waals surface area contributed by atoms with Gasteiger partial charge in [0.25, 0.3) is 0 Å². The van der Waals surface area contributed by atoms with Gasteiger partial charge >= 0.3 is 12.4 Å². The Balaban J connectivity index is 1.54. The quantitative estimate of drug-likeness (QED) is 0.357. The zero-order chi connectivity index (χ0) is 25.4. The number of aryl methyl sites for hydroxylation is 1. The van der Waals surface area contributed by atoms with E-state index in [0.717, 1.165) is 24.4 Å². The van der Waals surface area contributed by atoms with E-state index in [-0.39, 0.29) is 29.2 Å². The van der Waals surface area contributed by atoms with Gasteiger partial charge in [-0.1, -0.05) is 6.92 Å². The number of piperidine rings is 1. The van der Waals surface area contributed by atoms with Crippen molar-refractivity contribution in [1.29, 1.82) is 0 Å². The van der Waals surface area contributed by atoms with Gasteiger partial charge in [-0.15, -0.1) is 0 Å². The zero-order valence-electron chi connectivity index (χ0n) is 19.0. The van der Waals surface area contributed by atoms with Crippen LogP contribution in [-0.2, 0) is 12.4 Å². The van der Waals surface area contributed by atoms with Crippen molar-refractivity contribution in [3.63, 3.8) is 0 Å². The molecule has 0 N–H and O–H groups in total. The van der Waals surface area contributed by atoms with Crippen LogP contribution in [0.3, 0.4) is 0 Å². The minimum Gasteiger partial charge on any atom is -0.490 e. The predicted molar refractivity (Wildman–Crippen MR) is 116 cm³/mol. The summed E-state index contributed by atoms with van der Waals surface area (Å²) in [5, 5.41) is 0. The number of hydrogen-bond donors (Lipinski definition) is 0. The number of pyridine rings is 1. The van der Waals surface area contributed by atoms with E-state index < -0.39 is 23.5 Å². The number of rotatable bonds is 5. The lowest BCUT2D eigenvalue weighted by Crippen LogP contribution is -2.46. The largest absolute Gasteiger partial charge is 0.490 e. The molecule has 4 rings (SSSR count). The second-order valence-electron chi connectivity index (χ2n) is 8.37. The maximum absolute atomic E-state index is 13.3. The molecule has 3 heterocycles. The molecule has 1 saturated heterocycles. The van der Waals surface area contributed by atoms with Gasteiger partial charge in [-0.05, 0) is 36.8 Å². The molecule has 0 spiro atoms. The minimum atomic E-state index is -4.53. The number of halogens is 6. The number of alkyl halides is 6. The molecule has 2 aromatic heterocycles. The molecule has 0 aliphatic carbocycles. The van der Waals surface area contributed by atoms with E-state index in [1.807, 2.05) is 11.8 Å². The highest BCUT2D eigenvalue weighted by molar-refractivity contribution is 5.66. The third kappa shape index (κ3) is 5.54. The van der Waals surface area contributed by atoms with Gasteiger partial charge in [0.2, 0.25) is 0 Å². The monoisotopic (exact) mass is 499 g/mol. The Morgan fingerprint density at radius 3 is 2.29 bits per heavy atom. The Labute approximate surface area is 197 Å². The lowest BCUT2D eigenvalue weighted by Gasteiger charge is -2.40. The highest BCUT2D eigenvalue weighted by Crippen LogP contribution is 2.39. The standard InChI is InChI=1S/C24H23F6N3O2/c1-3-17-11-18(8-9-33(17)22-7-5-16(12-32-22)24(28,29)30)35-20-6-4-15(23(25,26)27)10-19(20)21-13-31-14(2)34-21/h4-7,10,12-13,17-18H,3,8-9,11H2,1-2H3/t17-,18-/m0/s1. The first-order valence-electron chi connectivity index (χ1n) is 11.1. The summed E-state index contributed by atoms with van der Waals surface area (Å²) in [7, 11) is 0. The smallest absolute Gasteiger partial charge is 0.417 e. The van der Waals surface area contributed by atoms with Crippen molar-refractivity contribution in [3.05, 3.63) is 59.7 Å². The summed E-state index contributed by atoms with van der Waals surface area (Å²) in [6, 6.07) is 5.51. The lowest BCUT2D eigenvalue weighted by molar-refractivity contribution is -0.138. The van der Waals surface area contributed by atoms with E-state index in [9.17, 15) is 26.3 Å². The third-order valence-electron chi connectivity index (χ3n) is 6.00. The summed E-state index contributed by atoms with van der Waals surface area (Å²) in [5.41, 5.74) is -1.49. The summed E-state index contributed by atoms with van der Waals surface area (Å²) in [6.07, 6.45) is -5.42. The summed E-state index contributed by atoms with van der Waals surface area (Å²) in [5.74, 6) is 1.17. The number of anilines is 1. The van der Waals surface area contributed by atoms with Crippen molar-refractivity contribution in [3.8, 4) is 17.1 Å². The molecule has 1 aliphatic rings. The van der Waals surface area contributed by atoms with E-state index in [1.54, 1.807) is 6.92 Å². The molecule has 0 radical (unpaired) electrons. The molecular weight excluding hydrogens is 476 g/mol. The van der Waals surface area contributed by atoms with Gasteiger partial charge in [0.1, 0.15) is 17.7 Å². The summed E-state index contributed by atoms with van der Waals surface area (Å²) in [6.45, 7) is 4.01. The molecule has 188 valence electrons. The molecular formula is C24H23F6N3O2. The van der Waals surface area contributed by atoms with Crippen molar-refractivity contribution in [2.45, 2.75) is 57.6 Å². The first-order chi connectivity index (χ1) is 16.5. The fourth-order valence-corrected chi connectivity index (χ4v) is 4.20. The van der Waals surface area contributed by atoms with Crippen LogP contribution < -0.4 is 9.64 Å². The van der Waals surface area contributed by atoms with Gasteiger partial charge in [-0.25, -0.2) is 9.97 Å². The van der Waals surface area contributed by atoms with Gasteiger partial charge in [-0.2, -0.15) is 26.3 Å². The summed E-state index contributed by atoms with van der Waals surface area (Å²) >= 11 is 0. The Hall–Kier alpha value is -3.24. The number of nitrogens with zero attached hydrogens (tertiary/aromatic N) is 3. The predicted octanol–water partition coefficient (Wildman–Crippen LogP) is 6.91. The van der Waals surface area contributed by atoms with Crippen LogP contribution in [0.5, 0.6) is 5.75 Å². The lowest BCUT2D eigenvalue weighted by atomic mass is 9.97. The molecule has 0 bridgehead atoms. The fourth-order valence-electron chi connectivity index (χ4n) is 4.20. The highest BCUT2D eigenvalue weighted by atomic mass is 19.4. The Kier molecular flexibility index (Phi) is 6.70. The van der Waals surface area contributed by atoms with Gasteiger partial charge in [0.15, 0.2) is 11.7 Å². The Bertz CT molecular complexity index is 1160. The van der Waals surface area contributed by atoms with Gasteiger partial charge in [0.05, 0.1) is 22.9 Å². The topological polar surface area (TPSA) is 51.4 Å². The molecule has 35 heavy (non-hydrogen) atoms. The van der Waals surface area contributed by atoms with Crippen LogP contribution >= 0.6 is 0 Å². The van der Waals surface area contributed by atoms with Crippen LogP contribution in [0.15, 0.2) is 47.1 Å². The van der Waals surface area contributed by atoms with Gasteiger partial charge in [-0.3, -0.25) is 0 Å². The van der Waals surface area contributed by atoms with Crippen molar-refractivity contribution < 1.29 is 35.5 Å². The second-order valence-corrected chi connectivity index (χ2v) is 8.37.